The fraction of sp³-hybridized carbons (Fsp3) is 0.235. The van der Waals surface area contributed by atoms with E-state index < -0.39 is 18.5 Å². The molecule has 0 fully saturated rings. The number of amides is 2. The van der Waals surface area contributed by atoms with E-state index >= 15 is 0 Å². The number of halogens is 1. The van der Waals surface area contributed by atoms with Crippen molar-refractivity contribution in [2.75, 3.05) is 13.2 Å². The van der Waals surface area contributed by atoms with Gasteiger partial charge in [0.15, 0.2) is 6.61 Å². The van der Waals surface area contributed by atoms with E-state index in [2.05, 4.69) is 10.6 Å². The lowest BCUT2D eigenvalue weighted by atomic mass is 10.1. The number of hydrogen-bond acceptors (Lipinski definition) is 5. The van der Waals surface area contributed by atoms with Gasteiger partial charge in [-0.2, -0.15) is 0 Å². The summed E-state index contributed by atoms with van der Waals surface area (Å²) in [6.45, 7) is 1.08. The minimum atomic E-state index is -0.685. The minimum absolute atomic E-state index is 0.275. The van der Waals surface area contributed by atoms with E-state index in [9.17, 15) is 14.4 Å². The first-order chi connectivity index (χ1) is 12.0. The molecule has 0 aliphatic carbocycles. The molecule has 2 N–H and O–H groups in total. The number of nitrogens with one attached hydrogen (secondary N) is 2. The maximum absolute atomic E-state index is 11.8. The van der Waals surface area contributed by atoms with Gasteiger partial charge in [0.05, 0.1) is 10.9 Å². The number of hydrogen-bond donors (Lipinski definition) is 2. The van der Waals surface area contributed by atoms with Crippen molar-refractivity contribution in [1.82, 2.24) is 10.6 Å². The lowest BCUT2D eigenvalue weighted by Crippen LogP contribution is -2.34. The van der Waals surface area contributed by atoms with Crippen LogP contribution < -0.4 is 10.6 Å². The zero-order valence-electron chi connectivity index (χ0n) is 13.5. The van der Waals surface area contributed by atoms with Crippen LogP contribution in [0.3, 0.4) is 0 Å². The normalized spacial score (nSPS) is 11.4. The molecular formula is C17H17ClN2O4S. The first-order valence-corrected chi connectivity index (χ1v) is 8.73. The number of ether oxygens (including phenoxy) is 1. The molecule has 2 aromatic rings. The highest BCUT2D eigenvalue weighted by atomic mass is 35.5. The fourth-order valence-electron chi connectivity index (χ4n) is 1.99. The molecule has 0 saturated heterocycles. The third-order valence-corrected chi connectivity index (χ3v) is 4.33. The van der Waals surface area contributed by atoms with Gasteiger partial charge in [0.1, 0.15) is 6.54 Å². The molecule has 2 amide bonds. The maximum atomic E-state index is 11.8. The van der Waals surface area contributed by atoms with Gasteiger partial charge in [-0.3, -0.25) is 14.4 Å². The molecule has 1 atom stereocenters. The molecule has 6 nitrogen and oxygen atoms in total. The highest BCUT2D eigenvalue weighted by molar-refractivity contribution is 7.12. The minimum Gasteiger partial charge on any atom is -0.454 e. The summed E-state index contributed by atoms with van der Waals surface area (Å²) in [7, 11) is 0. The van der Waals surface area contributed by atoms with Gasteiger partial charge in [0, 0.05) is 5.02 Å². The second kappa shape index (κ2) is 9.19. The predicted octanol–water partition coefficient (Wildman–Crippen LogP) is 2.55. The van der Waals surface area contributed by atoms with Crippen LogP contribution in [-0.2, 0) is 14.3 Å². The third kappa shape index (κ3) is 6.21. The summed E-state index contributed by atoms with van der Waals surface area (Å²) >= 11 is 7.18. The highest BCUT2D eigenvalue weighted by Gasteiger charge is 2.13. The summed E-state index contributed by atoms with van der Waals surface area (Å²) in [5.74, 6) is -1.48. The molecule has 1 aromatic heterocycles. The van der Waals surface area contributed by atoms with Gasteiger partial charge in [0.25, 0.3) is 11.8 Å². The quantitative estimate of drug-likeness (QED) is 0.723. The number of carbonyl (C=O) groups is 3. The van der Waals surface area contributed by atoms with Crippen molar-refractivity contribution in [3.05, 3.63) is 57.2 Å². The van der Waals surface area contributed by atoms with Crippen molar-refractivity contribution in [2.45, 2.75) is 13.0 Å². The number of thiophene rings is 1. The molecule has 1 aromatic carbocycles. The molecule has 0 bridgehead atoms. The first kappa shape index (κ1) is 19.0. The van der Waals surface area contributed by atoms with Crippen LogP contribution in [0.2, 0.25) is 5.02 Å². The molecule has 0 aliphatic rings. The van der Waals surface area contributed by atoms with Gasteiger partial charge in [0.2, 0.25) is 0 Å². The lowest BCUT2D eigenvalue weighted by Gasteiger charge is -2.14. The zero-order valence-corrected chi connectivity index (χ0v) is 15.0. The second-order valence-corrected chi connectivity index (χ2v) is 6.55. The molecule has 132 valence electrons. The summed E-state index contributed by atoms with van der Waals surface area (Å²) in [6.07, 6.45) is 0. The lowest BCUT2D eigenvalue weighted by molar-refractivity contribution is -0.147. The zero-order chi connectivity index (χ0) is 18.2. The van der Waals surface area contributed by atoms with Crippen molar-refractivity contribution in [3.8, 4) is 0 Å². The van der Waals surface area contributed by atoms with Gasteiger partial charge in [-0.15, -0.1) is 11.3 Å². The van der Waals surface area contributed by atoms with Crippen LogP contribution in [0.15, 0.2) is 41.8 Å². The topological polar surface area (TPSA) is 84.5 Å². The molecule has 1 heterocycles. The Labute approximate surface area is 154 Å². The first-order valence-electron chi connectivity index (χ1n) is 7.48. The van der Waals surface area contributed by atoms with Gasteiger partial charge < -0.3 is 15.4 Å². The summed E-state index contributed by atoms with van der Waals surface area (Å²) in [6, 6.07) is 10.2. The van der Waals surface area contributed by atoms with Crippen molar-refractivity contribution >= 4 is 40.7 Å². The van der Waals surface area contributed by atoms with E-state index in [0.29, 0.717) is 9.90 Å². The number of rotatable bonds is 7. The summed E-state index contributed by atoms with van der Waals surface area (Å²) in [5.41, 5.74) is 0.843. The van der Waals surface area contributed by atoms with Crippen molar-refractivity contribution in [1.29, 1.82) is 0 Å². The monoisotopic (exact) mass is 380 g/mol. The Kier molecular flexibility index (Phi) is 6.97. The standard InChI is InChI=1S/C17H17ClN2O4S/c1-11(12-4-2-5-13(18)8-12)20-15(21)10-24-16(22)9-19-17(23)14-6-3-7-25-14/h2-8,11H,9-10H2,1H3,(H,19,23)(H,20,21)/t11-/m0/s1. The average Bonchev–Trinajstić information content (AvgIpc) is 3.12. The molecule has 2 rings (SSSR count). The van der Waals surface area contributed by atoms with Crippen LogP contribution in [0.5, 0.6) is 0 Å². The molecule has 0 spiro atoms. The molecule has 25 heavy (non-hydrogen) atoms. The Morgan fingerprint density at radius 2 is 2.04 bits per heavy atom. The Morgan fingerprint density at radius 3 is 2.72 bits per heavy atom. The van der Waals surface area contributed by atoms with E-state index in [1.165, 1.54) is 11.3 Å². The van der Waals surface area contributed by atoms with Gasteiger partial charge in [-0.1, -0.05) is 29.8 Å². The molecule has 0 saturated carbocycles. The van der Waals surface area contributed by atoms with E-state index in [4.69, 9.17) is 16.3 Å². The molecule has 0 unspecified atom stereocenters. The van der Waals surface area contributed by atoms with E-state index in [0.717, 1.165) is 5.56 Å². The Bertz CT molecular complexity index is 749. The SMILES string of the molecule is C[C@H](NC(=O)COC(=O)CNC(=O)c1cccs1)c1cccc(Cl)c1. The van der Waals surface area contributed by atoms with Gasteiger partial charge in [-0.05, 0) is 36.1 Å². The third-order valence-electron chi connectivity index (χ3n) is 3.23. The molecular weight excluding hydrogens is 364 g/mol. The molecule has 0 radical (unpaired) electrons. The van der Waals surface area contributed by atoms with E-state index in [1.807, 2.05) is 6.07 Å². The van der Waals surface area contributed by atoms with Crippen LogP contribution in [0.1, 0.15) is 28.2 Å². The summed E-state index contributed by atoms with van der Waals surface area (Å²) in [5, 5.41) is 7.48. The van der Waals surface area contributed by atoms with Crippen LogP contribution in [-0.4, -0.2) is 30.9 Å². The van der Waals surface area contributed by atoms with Gasteiger partial charge in [-0.25, -0.2) is 0 Å². The Hall–Kier alpha value is -2.38. The van der Waals surface area contributed by atoms with Crippen LogP contribution in [0.25, 0.3) is 0 Å². The average molecular weight is 381 g/mol. The summed E-state index contributed by atoms with van der Waals surface area (Å²) < 4.78 is 4.84. The Balaban J connectivity index is 1.70. The Morgan fingerprint density at radius 1 is 1.24 bits per heavy atom. The molecule has 0 aliphatic heterocycles. The molecule has 8 heteroatoms. The largest absolute Gasteiger partial charge is 0.454 e. The van der Waals surface area contributed by atoms with Crippen LogP contribution in [0.4, 0.5) is 0 Å². The van der Waals surface area contributed by atoms with E-state index in [-0.39, 0.29) is 18.5 Å². The van der Waals surface area contributed by atoms with Crippen molar-refractivity contribution < 1.29 is 19.1 Å². The highest BCUT2D eigenvalue weighted by Crippen LogP contribution is 2.17. The predicted molar refractivity (Wildman–Crippen MR) is 95.6 cm³/mol. The van der Waals surface area contributed by atoms with Crippen molar-refractivity contribution in [2.24, 2.45) is 0 Å². The number of carbonyl (C=O) groups excluding carboxylic acids is 3. The number of benzene rings is 1. The van der Waals surface area contributed by atoms with E-state index in [1.54, 1.807) is 42.6 Å². The van der Waals surface area contributed by atoms with Crippen LogP contribution >= 0.6 is 22.9 Å². The van der Waals surface area contributed by atoms with Gasteiger partial charge >= 0.3 is 5.97 Å². The second-order valence-electron chi connectivity index (χ2n) is 5.16. The smallest absolute Gasteiger partial charge is 0.325 e. The van der Waals surface area contributed by atoms with Crippen molar-refractivity contribution in [3.63, 3.8) is 0 Å². The fourth-order valence-corrected chi connectivity index (χ4v) is 2.83. The number of esters is 1. The summed E-state index contributed by atoms with van der Waals surface area (Å²) in [4.78, 5) is 35.6. The maximum Gasteiger partial charge on any atom is 0.325 e. The van der Waals surface area contributed by atoms with Crippen LogP contribution in [0, 0.1) is 0 Å².